The van der Waals surface area contributed by atoms with Crippen molar-refractivity contribution in [3.8, 4) is 0 Å². The van der Waals surface area contributed by atoms with E-state index in [0.29, 0.717) is 6.54 Å². The average molecular weight is 470 g/mol. The average Bonchev–Trinajstić information content (AvgIpc) is 3.18. The Kier molecular flexibility index (Phi) is 7.09. The Morgan fingerprint density at radius 1 is 1.21 bits per heavy atom. The molecule has 0 N–H and O–H groups in total. The molecule has 4 rings (SSSR count). The molecule has 0 bridgehead atoms. The highest BCUT2D eigenvalue weighted by Gasteiger charge is 2.28. The van der Waals surface area contributed by atoms with Crippen LogP contribution in [0.4, 0.5) is 4.39 Å². The van der Waals surface area contributed by atoms with Crippen LogP contribution >= 0.6 is 0 Å². The molecule has 0 aliphatic heterocycles. The molecule has 1 amide bonds. The van der Waals surface area contributed by atoms with E-state index in [1.807, 2.05) is 0 Å². The van der Waals surface area contributed by atoms with E-state index < -0.39 is 11.5 Å². The first-order valence-corrected chi connectivity index (χ1v) is 11.6. The maximum Gasteiger partial charge on any atom is 0.342 e. The van der Waals surface area contributed by atoms with Crippen LogP contribution in [0.15, 0.2) is 39.8 Å². The predicted molar refractivity (Wildman–Crippen MR) is 123 cm³/mol. The number of aryl methyl sites for hydroxylation is 1. The molecule has 0 saturated heterocycles. The Morgan fingerprint density at radius 2 is 1.91 bits per heavy atom. The van der Waals surface area contributed by atoms with Gasteiger partial charge in [-0.3, -0.25) is 14.2 Å². The molecule has 2 aromatic heterocycles. The monoisotopic (exact) mass is 469 g/mol. The van der Waals surface area contributed by atoms with Gasteiger partial charge in [-0.2, -0.15) is 0 Å². The third kappa shape index (κ3) is 4.88. The van der Waals surface area contributed by atoms with Gasteiger partial charge >= 0.3 is 5.97 Å². The Morgan fingerprint density at radius 3 is 2.59 bits per heavy atom. The van der Waals surface area contributed by atoms with Crippen molar-refractivity contribution in [1.29, 1.82) is 0 Å². The molecule has 2 heterocycles. The quantitative estimate of drug-likeness (QED) is 0.486. The van der Waals surface area contributed by atoms with Gasteiger partial charge in [0, 0.05) is 12.6 Å². The lowest BCUT2D eigenvalue weighted by Crippen LogP contribution is -2.43. The van der Waals surface area contributed by atoms with Gasteiger partial charge in [0.05, 0.1) is 6.61 Å². The second kappa shape index (κ2) is 10.2. The topological polar surface area (TPSA) is 94.6 Å². The van der Waals surface area contributed by atoms with E-state index in [2.05, 4.69) is 4.98 Å². The zero-order valence-electron chi connectivity index (χ0n) is 19.4. The number of furan rings is 1. The van der Waals surface area contributed by atoms with E-state index in [9.17, 15) is 18.8 Å². The van der Waals surface area contributed by atoms with Crippen LogP contribution in [0.25, 0.3) is 11.1 Å². The van der Waals surface area contributed by atoms with Crippen molar-refractivity contribution in [2.45, 2.75) is 65.1 Å². The maximum atomic E-state index is 13.4. The van der Waals surface area contributed by atoms with Crippen molar-refractivity contribution in [3.05, 3.63) is 63.7 Å². The first-order chi connectivity index (χ1) is 16.4. The van der Waals surface area contributed by atoms with Crippen molar-refractivity contribution in [2.24, 2.45) is 0 Å². The lowest BCUT2D eigenvalue weighted by atomic mass is 9.93. The summed E-state index contributed by atoms with van der Waals surface area (Å²) < 4.78 is 25.1. The minimum atomic E-state index is -0.665. The van der Waals surface area contributed by atoms with Crippen LogP contribution in [0.1, 0.15) is 60.7 Å². The van der Waals surface area contributed by atoms with Crippen molar-refractivity contribution < 1.29 is 23.1 Å². The van der Waals surface area contributed by atoms with Gasteiger partial charge in [0.25, 0.3) is 5.56 Å². The minimum absolute atomic E-state index is 0.00833. The molecule has 34 heavy (non-hydrogen) atoms. The largest absolute Gasteiger partial charge is 0.462 e. The number of rotatable bonds is 7. The molecule has 8 nitrogen and oxygen atoms in total. The van der Waals surface area contributed by atoms with E-state index in [1.54, 1.807) is 30.9 Å². The highest BCUT2D eigenvalue weighted by molar-refractivity contribution is 6.03. The number of fused-ring (bicyclic) bond motifs is 1. The van der Waals surface area contributed by atoms with Crippen LogP contribution < -0.4 is 5.56 Å². The summed E-state index contributed by atoms with van der Waals surface area (Å²) in [5.41, 5.74) is 0.344. The Bertz CT molecular complexity index is 1240. The van der Waals surface area contributed by atoms with Gasteiger partial charge in [-0.25, -0.2) is 14.2 Å². The lowest BCUT2D eigenvalue weighted by molar-refractivity contribution is -0.135. The number of esters is 1. The normalized spacial score (nSPS) is 14.3. The number of ether oxygens (including phenoxy) is 1. The van der Waals surface area contributed by atoms with Crippen LogP contribution in [0.5, 0.6) is 0 Å². The summed E-state index contributed by atoms with van der Waals surface area (Å²) in [7, 11) is 0. The SMILES string of the molecule is CCOC(=O)c1c(C)oc2ncn(CC(=O)N(Cc3ccc(F)cc3)C3CCCCC3)c(=O)c12. The molecule has 1 fully saturated rings. The summed E-state index contributed by atoms with van der Waals surface area (Å²) in [6.45, 7) is 3.48. The smallest absolute Gasteiger partial charge is 0.342 e. The molecule has 1 saturated carbocycles. The third-order valence-electron chi connectivity index (χ3n) is 6.24. The van der Waals surface area contributed by atoms with Gasteiger partial charge in [0.2, 0.25) is 11.6 Å². The van der Waals surface area contributed by atoms with E-state index in [1.165, 1.54) is 23.0 Å². The molecule has 9 heteroatoms. The standard InChI is InChI=1S/C25H28FN3O5/c1-3-33-25(32)21-16(2)34-23-22(21)24(31)28(15-27-23)14-20(30)29(19-7-5-4-6-8-19)13-17-9-11-18(26)12-10-17/h9-12,15,19H,3-8,13-14H2,1-2H3. The van der Waals surface area contributed by atoms with Crippen LogP contribution in [-0.4, -0.2) is 39.0 Å². The van der Waals surface area contributed by atoms with Crippen LogP contribution in [0.3, 0.4) is 0 Å². The summed E-state index contributed by atoms with van der Waals surface area (Å²) >= 11 is 0. The van der Waals surface area contributed by atoms with E-state index in [4.69, 9.17) is 9.15 Å². The van der Waals surface area contributed by atoms with Gasteiger partial charge in [-0.1, -0.05) is 31.4 Å². The summed E-state index contributed by atoms with van der Waals surface area (Å²) in [4.78, 5) is 45.0. The van der Waals surface area contributed by atoms with Gasteiger partial charge < -0.3 is 14.1 Å². The van der Waals surface area contributed by atoms with Crippen molar-refractivity contribution in [2.75, 3.05) is 6.61 Å². The molecule has 0 unspecified atom stereocenters. The van der Waals surface area contributed by atoms with Gasteiger partial charge in [-0.05, 0) is 44.4 Å². The number of carbonyl (C=O) groups is 2. The number of carbonyl (C=O) groups excluding carboxylic acids is 2. The van der Waals surface area contributed by atoms with Gasteiger partial charge in [0.15, 0.2) is 0 Å². The highest BCUT2D eigenvalue weighted by Crippen LogP contribution is 2.25. The summed E-state index contributed by atoms with van der Waals surface area (Å²) in [5, 5.41) is 0.00833. The van der Waals surface area contributed by atoms with Crippen LogP contribution in [0.2, 0.25) is 0 Å². The third-order valence-corrected chi connectivity index (χ3v) is 6.24. The molecule has 0 radical (unpaired) electrons. The molecule has 1 aromatic carbocycles. The van der Waals surface area contributed by atoms with Crippen LogP contribution in [0, 0.1) is 12.7 Å². The molecule has 3 aromatic rings. The summed E-state index contributed by atoms with van der Waals surface area (Å²) in [6.07, 6.45) is 6.22. The second-order valence-corrected chi connectivity index (χ2v) is 8.55. The van der Waals surface area contributed by atoms with E-state index in [0.717, 1.165) is 37.7 Å². The number of hydrogen-bond acceptors (Lipinski definition) is 6. The Hall–Kier alpha value is -3.49. The number of halogens is 1. The summed E-state index contributed by atoms with van der Waals surface area (Å²) in [5.74, 6) is -1.00. The first kappa shape index (κ1) is 23.7. The van der Waals surface area contributed by atoms with Gasteiger partial charge in [0.1, 0.15) is 35.4 Å². The molecular weight excluding hydrogens is 441 g/mol. The predicted octanol–water partition coefficient (Wildman–Crippen LogP) is 3.98. The Labute approximate surface area is 196 Å². The number of aromatic nitrogens is 2. The van der Waals surface area contributed by atoms with Crippen molar-refractivity contribution in [1.82, 2.24) is 14.5 Å². The zero-order valence-corrected chi connectivity index (χ0v) is 19.4. The fraction of sp³-hybridized carbons (Fsp3) is 0.440. The zero-order chi connectivity index (χ0) is 24.2. The molecule has 1 aliphatic carbocycles. The summed E-state index contributed by atoms with van der Waals surface area (Å²) in [6, 6.07) is 6.12. The van der Waals surface area contributed by atoms with E-state index in [-0.39, 0.29) is 53.3 Å². The first-order valence-electron chi connectivity index (χ1n) is 11.6. The highest BCUT2D eigenvalue weighted by atomic mass is 19.1. The number of benzene rings is 1. The fourth-order valence-electron chi connectivity index (χ4n) is 4.54. The van der Waals surface area contributed by atoms with Crippen molar-refractivity contribution in [3.63, 3.8) is 0 Å². The second-order valence-electron chi connectivity index (χ2n) is 8.55. The number of nitrogens with zero attached hydrogens (tertiary/aromatic N) is 3. The lowest BCUT2D eigenvalue weighted by Gasteiger charge is -2.34. The number of amides is 1. The molecular formula is C25H28FN3O5. The van der Waals surface area contributed by atoms with Crippen LogP contribution in [-0.2, 0) is 22.6 Å². The molecule has 0 atom stereocenters. The molecule has 1 aliphatic rings. The number of hydrogen-bond donors (Lipinski definition) is 0. The fourth-order valence-corrected chi connectivity index (χ4v) is 4.54. The minimum Gasteiger partial charge on any atom is -0.462 e. The molecule has 0 spiro atoms. The maximum absolute atomic E-state index is 13.4. The van der Waals surface area contributed by atoms with Crippen molar-refractivity contribution >= 4 is 23.0 Å². The van der Waals surface area contributed by atoms with Gasteiger partial charge in [-0.15, -0.1) is 0 Å². The Balaban J connectivity index is 1.65. The molecule has 180 valence electrons. The van der Waals surface area contributed by atoms with E-state index >= 15 is 0 Å².